The van der Waals surface area contributed by atoms with Crippen LogP contribution in [0.25, 0.3) is 0 Å². The highest BCUT2D eigenvalue weighted by molar-refractivity contribution is 5.68. The molecule has 0 spiro atoms. The highest BCUT2D eigenvalue weighted by atomic mass is 16.6. The fourth-order valence-corrected chi connectivity index (χ4v) is 1.99. The van der Waals surface area contributed by atoms with Crippen molar-refractivity contribution >= 4 is 6.09 Å². The maximum absolute atomic E-state index is 12.1. The van der Waals surface area contributed by atoms with Gasteiger partial charge < -0.3 is 9.64 Å². The summed E-state index contributed by atoms with van der Waals surface area (Å²) in [6, 6.07) is 0. The predicted octanol–water partition coefficient (Wildman–Crippen LogP) is 4.13. The molecule has 0 aromatic heterocycles. The van der Waals surface area contributed by atoms with Gasteiger partial charge >= 0.3 is 6.09 Å². The van der Waals surface area contributed by atoms with Crippen LogP contribution in [0.15, 0.2) is 12.2 Å². The molecule has 0 saturated carbocycles. The maximum Gasteiger partial charge on any atom is 0.410 e. The molecule has 18 heavy (non-hydrogen) atoms. The molecule has 1 amide bonds. The maximum atomic E-state index is 12.1. The van der Waals surface area contributed by atoms with E-state index in [2.05, 4.69) is 12.2 Å². The molecule has 0 atom stereocenters. The van der Waals surface area contributed by atoms with Crippen LogP contribution in [-0.2, 0) is 4.74 Å². The first kappa shape index (κ1) is 15.1. The van der Waals surface area contributed by atoms with Crippen molar-refractivity contribution in [1.29, 1.82) is 0 Å². The van der Waals surface area contributed by atoms with Crippen molar-refractivity contribution in [2.45, 2.75) is 64.9 Å². The Hall–Kier alpha value is -0.990. The van der Waals surface area contributed by atoms with E-state index in [1.54, 1.807) is 0 Å². The molecular weight excluding hydrogens is 226 g/mol. The van der Waals surface area contributed by atoms with Crippen LogP contribution in [0.3, 0.4) is 0 Å². The largest absolute Gasteiger partial charge is 0.444 e. The van der Waals surface area contributed by atoms with Gasteiger partial charge in [0.05, 0.1) is 0 Å². The molecule has 1 aliphatic rings. The van der Waals surface area contributed by atoms with Crippen molar-refractivity contribution in [3.63, 3.8) is 0 Å². The Morgan fingerprint density at radius 2 is 1.50 bits per heavy atom. The van der Waals surface area contributed by atoms with E-state index in [-0.39, 0.29) is 6.09 Å². The van der Waals surface area contributed by atoms with Gasteiger partial charge in [-0.2, -0.15) is 0 Å². The van der Waals surface area contributed by atoms with Crippen LogP contribution in [0.5, 0.6) is 0 Å². The first-order chi connectivity index (χ1) is 8.49. The van der Waals surface area contributed by atoms with Gasteiger partial charge in [0.25, 0.3) is 0 Å². The van der Waals surface area contributed by atoms with Gasteiger partial charge in [0.1, 0.15) is 5.60 Å². The molecule has 1 aliphatic heterocycles. The summed E-state index contributed by atoms with van der Waals surface area (Å²) in [6.07, 6.45) is 11.0. The molecule has 0 unspecified atom stereocenters. The molecule has 1 rings (SSSR count). The molecule has 3 heteroatoms. The minimum absolute atomic E-state index is 0.158. The molecule has 0 N–H and O–H groups in total. The summed E-state index contributed by atoms with van der Waals surface area (Å²) in [5.41, 5.74) is -0.398. The van der Waals surface area contributed by atoms with Crippen molar-refractivity contribution in [3.8, 4) is 0 Å². The molecule has 104 valence electrons. The normalized spacial score (nSPS) is 20.9. The highest BCUT2D eigenvalue weighted by Crippen LogP contribution is 2.13. The number of hydrogen-bond donors (Lipinski definition) is 0. The van der Waals surface area contributed by atoms with E-state index in [0.717, 1.165) is 51.6 Å². The van der Waals surface area contributed by atoms with Gasteiger partial charge in [0, 0.05) is 13.1 Å². The van der Waals surface area contributed by atoms with E-state index in [9.17, 15) is 4.79 Å². The molecule has 0 aromatic carbocycles. The lowest BCUT2D eigenvalue weighted by atomic mass is 10.2. The monoisotopic (exact) mass is 253 g/mol. The molecule has 3 nitrogen and oxygen atoms in total. The van der Waals surface area contributed by atoms with E-state index in [0.29, 0.717) is 0 Å². The minimum Gasteiger partial charge on any atom is -0.444 e. The zero-order valence-electron chi connectivity index (χ0n) is 12.1. The van der Waals surface area contributed by atoms with Crippen LogP contribution in [0, 0.1) is 0 Å². The zero-order chi connectivity index (χ0) is 13.4. The van der Waals surface area contributed by atoms with E-state index >= 15 is 0 Å². The second kappa shape index (κ2) is 7.45. The van der Waals surface area contributed by atoms with E-state index < -0.39 is 5.60 Å². The average molecular weight is 253 g/mol. The SMILES string of the molecule is CC(C)(C)OC(=O)N1CCCC/C=C\CCCC1. The quantitative estimate of drug-likeness (QED) is 0.607. The number of amides is 1. The third kappa shape index (κ3) is 6.67. The van der Waals surface area contributed by atoms with Crippen LogP contribution < -0.4 is 0 Å². The summed E-state index contributed by atoms with van der Waals surface area (Å²) in [5, 5.41) is 0. The number of allylic oxidation sites excluding steroid dienone is 2. The molecule has 0 saturated heterocycles. The minimum atomic E-state index is -0.398. The van der Waals surface area contributed by atoms with Crippen molar-refractivity contribution in [1.82, 2.24) is 4.90 Å². The average Bonchev–Trinajstić information content (AvgIpc) is 2.31. The summed E-state index contributed by atoms with van der Waals surface area (Å²) >= 11 is 0. The first-order valence-electron chi connectivity index (χ1n) is 7.12. The smallest absolute Gasteiger partial charge is 0.410 e. The Balaban J connectivity index is 2.47. The van der Waals surface area contributed by atoms with Crippen LogP contribution in [0.4, 0.5) is 4.79 Å². The lowest BCUT2D eigenvalue weighted by molar-refractivity contribution is 0.0244. The van der Waals surface area contributed by atoms with Gasteiger partial charge in [-0.15, -0.1) is 0 Å². The van der Waals surface area contributed by atoms with E-state index in [1.807, 2.05) is 25.7 Å². The van der Waals surface area contributed by atoms with Crippen LogP contribution >= 0.6 is 0 Å². The number of rotatable bonds is 0. The molecular formula is C15H27NO2. The van der Waals surface area contributed by atoms with Gasteiger partial charge in [-0.1, -0.05) is 12.2 Å². The van der Waals surface area contributed by atoms with Gasteiger partial charge in [0.2, 0.25) is 0 Å². The Labute approximate surface area is 111 Å². The molecule has 0 fully saturated rings. The van der Waals surface area contributed by atoms with Crippen LogP contribution in [0.1, 0.15) is 59.3 Å². The summed E-state index contributed by atoms with van der Waals surface area (Å²) in [6.45, 7) is 7.40. The third-order valence-electron chi connectivity index (χ3n) is 2.92. The zero-order valence-corrected chi connectivity index (χ0v) is 12.1. The molecule has 0 radical (unpaired) electrons. The Morgan fingerprint density at radius 3 is 1.94 bits per heavy atom. The van der Waals surface area contributed by atoms with Gasteiger partial charge in [-0.25, -0.2) is 4.79 Å². The molecule has 0 aromatic rings. The Morgan fingerprint density at radius 1 is 1.00 bits per heavy atom. The second-order valence-corrected chi connectivity index (χ2v) is 5.93. The highest BCUT2D eigenvalue weighted by Gasteiger charge is 2.21. The van der Waals surface area contributed by atoms with Gasteiger partial charge in [0.15, 0.2) is 0 Å². The Kier molecular flexibility index (Phi) is 6.23. The van der Waals surface area contributed by atoms with Crippen molar-refractivity contribution in [2.75, 3.05) is 13.1 Å². The number of ether oxygens (including phenoxy) is 1. The molecule has 1 heterocycles. The number of carbonyl (C=O) groups excluding carboxylic acids is 1. The molecule has 0 bridgehead atoms. The van der Waals surface area contributed by atoms with Crippen LogP contribution in [-0.4, -0.2) is 29.7 Å². The number of nitrogens with zero attached hydrogens (tertiary/aromatic N) is 1. The summed E-state index contributed by atoms with van der Waals surface area (Å²) in [4.78, 5) is 13.9. The van der Waals surface area contributed by atoms with Crippen molar-refractivity contribution in [3.05, 3.63) is 12.2 Å². The van der Waals surface area contributed by atoms with Crippen LogP contribution in [0.2, 0.25) is 0 Å². The van der Waals surface area contributed by atoms with Crippen molar-refractivity contribution < 1.29 is 9.53 Å². The number of hydrogen-bond acceptors (Lipinski definition) is 2. The Bertz CT molecular complexity index is 265. The standard InChI is InChI=1S/C15H27NO2/c1-15(2,3)18-14(17)16-12-10-8-6-4-5-7-9-11-13-16/h4-5H,6-13H2,1-3H3/b5-4-. The fourth-order valence-electron chi connectivity index (χ4n) is 1.99. The van der Waals surface area contributed by atoms with Gasteiger partial charge in [-0.05, 0) is 59.3 Å². The van der Waals surface area contributed by atoms with Gasteiger partial charge in [-0.3, -0.25) is 0 Å². The van der Waals surface area contributed by atoms with E-state index in [4.69, 9.17) is 4.74 Å². The third-order valence-corrected chi connectivity index (χ3v) is 2.92. The molecule has 0 aliphatic carbocycles. The first-order valence-corrected chi connectivity index (χ1v) is 7.12. The lowest BCUT2D eigenvalue weighted by Gasteiger charge is -2.27. The summed E-state index contributed by atoms with van der Waals surface area (Å²) in [7, 11) is 0. The lowest BCUT2D eigenvalue weighted by Crippen LogP contribution is -2.38. The van der Waals surface area contributed by atoms with Crippen molar-refractivity contribution in [2.24, 2.45) is 0 Å². The summed E-state index contributed by atoms with van der Waals surface area (Å²) < 4.78 is 5.45. The topological polar surface area (TPSA) is 29.5 Å². The second-order valence-electron chi connectivity index (χ2n) is 5.93. The number of carbonyl (C=O) groups is 1. The summed E-state index contributed by atoms with van der Waals surface area (Å²) in [5.74, 6) is 0. The van der Waals surface area contributed by atoms with E-state index in [1.165, 1.54) is 0 Å². The predicted molar refractivity (Wildman–Crippen MR) is 74.6 cm³/mol. The fraction of sp³-hybridized carbons (Fsp3) is 0.800.